The van der Waals surface area contributed by atoms with Crippen LogP contribution in [0.25, 0.3) is 0 Å². The van der Waals surface area contributed by atoms with Gasteiger partial charge in [-0.15, -0.1) is 11.8 Å². The number of benzene rings is 1. The lowest BCUT2D eigenvalue weighted by Gasteiger charge is -2.16. The van der Waals surface area contributed by atoms with Crippen LogP contribution in [0, 0.1) is 5.92 Å². The molecule has 0 aliphatic carbocycles. The zero-order valence-corrected chi connectivity index (χ0v) is 10.8. The van der Waals surface area contributed by atoms with Gasteiger partial charge >= 0.3 is 0 Å². The second kappa shape index (κ2) is 5.57. The maximum Gasteiger partial charge on any atom is 0.0318 e. The summed E-state index contributed by atoms with van der Waals surface area (Å²) in [4.78, 5) is 1.32. The van der Waals surface area contributed by atoms with Gasteiger partial charge in [0.05, 0.1) is 0 Å². The van der Waals surface area contributed by atoms with Crippen molar-refractivity contribution in [2.24, 2.45) is 11.7 Å². The van der Waals surface area contributed by atoms with Crippen LogP contribution in [0.5, 0.6) is 0 Å². The molecule has 84 valence electrons. The highest BCUT2D eigenvalue weighted by Gasteiger charge is 2.09. The van der Waals surface area contributed by atoms with Crippen molar-refractivity contribution in [3.8, 4) is 0 Å². The van der Waals surface area contributed by atoms with Crippen molar-refractivity contribution in [3.63, 3.8) is 0 Å². The molecule has 0 amide bonds. The number of nitrogens with two attached hydrogens (primary N) is 1. The number of hydrogen-bond acceptors (Lipinski definition) is 2. The first-order valence-electron chi connectivity index (χ1n) is 5.53. The van der Waals surface area contributed by atoms with E-state index in [0.29, 0.717) is 11.2 Å². The summed E-state index contributed by atoms with van der Waals surface area (Å²) in [5.41, 5.74) is 7.32. The first kappa shape index (κ1) is 12.6. The van der Waals surface area contributed by atoms with Gasteiger partial charge in [-0.25, -0.2) is 0 Å². The van der Waals surface area contributed by atoms with Crippen LogP contribution in [0.2, 0.25) is 0 Å². The molecule has 1 unspecified atom stereocenters. The van der Waals surface area contributed by atoms with E-state index in [4.69, 9.17) is 5.73 Å². The van der Waals surface area contributed by atoms with Crippen molar-refractivity contribution in [1.29, 1.82) is 0 Å². The van der Waals surface area contributed by atoms with Crippen LogP contribution in [0.4, 0.5) is 0 Å². The van der Waals surface area contributed by atoms with Crippen LogP contribution in [-0.2, 0) is 0 Å². The summed E-state index contributed by atoms with van der Waals surface area (Å²) in [6.07, 6.45) is 0. The molecule has 0 aromatic heterocycles. The maximum absolute atomic E-state index is 6.08. The van der Waals surface area contributed by atoms with E-state index >= 15 is 0 Å². The lowest BCUT2D eigenvalue weighted by Crippen LogP contribution is -2.16. The van der Waals surface area contributed by atoms with Gasteiger partial charge in [-0.05, 0) is 23.6 Å². The summed E-state index contributed by atoms with van der Waals surface area (Å²) < 4.78 is 0. The molecule has 0 aliphatic rings. The number of hydrogen-bond donors (Lipinski definition) is 1. The van der Waals surface area contributed by atoms with Crippen LogP contribution >= 0.6 is 11.8 Å². The first-order valence-corrected chi connectivity index (χ1v) is 6.41. The van der Waals surface area contributed by atoms with Crippen molar-refractivity contribution < 1.29 is 0 Å². The predicted octanol–water partition coefficient (Wildman–Crippen LogP) is 3.84. The van der Waals surface area contributed by atoms with E-state index in [2.05, 4.69) is 52.0 Å². The Hall–Kier alpha value is -0.470. The Morgan fingerprint density at radius 2 is 1.53 bits per heavy atom. The van der Waals surface area contributed by atoms with E-state index < -0.39 is 0 Å². The molecule has 1 atom stereocenters. The minimum Gasteiger partial charge on any atom is -0.324 e. The summed E-state index contributed by atoms with van der Waals surface area (Å²) in [5, 5.41) is 0.634. The van der Waals surface area contributed by atoms with Crippen LogP contribution < -0.4 is 5.73 Å². The van der Waals surface area contributed by atoms with E-state index in [9.17, 15) is 0 Å². The molecule has 0 saturated carbocycles. The molecule has 0 aliphatic heterocycles. The monoisotopic (exact) mass is 223 g/mol. The second-order valence-electron chi connectivity index (χ2n) is 4.51. The quantitative estimate of drug-likeness (QED) is 0.785. The highest BCUT2D eigenvalue weighted by atomic mass is 32.2. The van der Waals surface area contributed by atoms with E-state index in [-0.39, 0.29) is 6.04 Å². The Labute approximate surface area is 97.4 Å². The minimum atomic E-state index is 0.156. The molecule has 1 nitrogen and oxygen atoms in total. The lowest BCUT2D eigenvalue weighted by molar-refractivity contribution is 0.514. The van der Waals surface area contributed by atoms with E-state index in [1.807, 2.05) is 11.8 Å². The largest absolute Gasteiger partial charge is 0.324 e. The molecule has 0 saturated heterocycles. The van der Waals surface area contributed by atoms with Gasteiger partial charge in [-0.2, -0.15) is 0 Å². The van der Waals surface area contributed by atoms with Crippen LogP contribution in [0.15, 0.2) is 29.2 Å². The van der Waals surface area contributed by atoms with E-state index in [1.165, 1.54) is 10.5 Å². The van der Waals surface area contributed by atoms with Gasteiger partial charge in [-0.3, -0.25) is 0 Å². The van der Waals surface area contributed by atoms with E-state index in [1.54, 1.807) is 0 Å². The smallest absolute Gasteiger partial charge is 0.0318 e. The molecule has 2 heteroatoms. The molecule has 1 aromatic rings. The molecule has 1 rings (SSSR count). The van der Waals surface area contributed by atoms with Gasteiger partial charge < -0.3 is 5.73 Å². The fourth-order valence-electron chi connectivity index (χ4n) is 1.43. The van der Waals surface area contributed by atoms with Crippen LogP contribution in [0.1, 0.15) is 39.3 Å². The Bertz CT molecular complexity index is 290. The average Bonchev–Trinajstić information content (AvgIpc) is 2.17. The molecule has 0 radical (unpaired) electrons. The third-order valence-electron chi connectivity index (χ3n) is 2.36. The molecule has 0 fully saturated rings. The van der Waals surface area contributed by atoms with Crippen molar-refractivity contribution in [2.45, 2.75) is 43.9 Å². The molecule has 0 bridgehead atoms. The van der Waals surface area contributed by atoms with Crippen molar-refractivity contribution in [1.82, 2.24) is 0 Å². The zero-order valence-electron chi connectivity index (χ0n) is 10.0. The Balaban J connectivity index is 2.72. The Morgan fingerprint density at radius 3 is 1.93 bits per heavy atom. The third-order valence-corrected chi connectivity index (χ3v) is 3.37. The van der Waals surface area contributed by atoms with Crippen LogP contribution in [0.3, 0.4) is 0 Å². The SMILES string of the molecule is CC(C)Sc1ccc(C(N)C(C)C)cc1. The van der Waals surface area contributed by atoms with Gasteiger partial charge in [0, 0.05) is 16.2 Å². The van der Waals surface area contributed by atoms with Gasteiger partial charge in [-0.1, -0.05) is 39.8 Å². The first-order chi connectivity index (χ1) is 7.00. The van der Waals surface area contributed by atoms with Crippen LogP contribution in [-0.4, -0.2) is 5.25 Å². The van der Waals surface area contributed by atoms with Crippen molar-refractivity contribution in [3.05, 3.63) is 29.8 Å². The van der Waals surface area contributed by atoms with Gasteiger partial charge in [0.1, 0.15) is 0 Å². The molecule has 15 heavy (non-hydrogen) atoms. The lowest BCUT2D eigenvalue weighted by atomic mass is 9.97. The molecular weight excluding hydrogens is 202 g/mol. The molecule has 1 aromatic carbocycles. The minimum absolute atomic E-state index is 0.156. The second-order valence-corrected chi connectivity index (χ2v) is 6.16. The highest BCUT2D eigenvalue weighted by molar-refractivity contribution is 7.99. The topological polar surface area (TPSA) is 26.0 Å². The fraction of sp³-hybridized carbons (Fsp3) is 0.538. The van der Waals surface area contributed by atoms with Gasteiger partial charge in [0.25, 0.3) is 0 Å². The summed E-state index contributed by atoms with van der Waals surface area (Å²) >= 11 is 1.89. The number of thioether (sulfide) groups is 1. The fourth-order valence-corrected chi connectivity index (χ4v) is 2.26. The average molecular weight is 223 g/mol. The molecule has 0 spiro atoms. The summed E-state index contributed by atoms with van der Waals surface area (Å²) in [7, 11) is 0. The Morgan fingerprint density at radius 1 is 1.00 bits per heavy atom. The Kier molecular flexibility index (Phi) is 4.68. The zero-order chi connectivity index (χ0) is 11.4. The molecular formula is C13H21NS. The predicted molar refractivity (Wildman–Crippen MR) is 69.2 cm³/mol. The molecule has 0 heterocycles. The normalized spacial score (nSPS) is 13.5. The third kappa shape index (κ3) is 3.88. The number of rotatable bonds is 4. The van der Waals surface area contributed by atoms with Gasteiger partial charge in [0.15, 0.2) is 0 Å². The van der Waals surface area contributed by atoms with Crippen molar-refractivity contribution >= 4 is 11.8 Å². The van der Waals surface area contributed by atoms with Gasteiger partial charge in [0.2, 0.25) is 0 Å². The van der Waals surface area contributed by atoms with Crippen molar-refractivity contribution in [2.75, 3.05) is 0 Å². The standard InChI is InChI=1S/C13H21NS/c1-9(2)13(14)11-5-7-12(8-6-11)15-10(3)4/h5-10,13H,14H2,1-4H3. The molecule has 2 N–H and O–H groups in total. The maximum atomic E-state index is 6.08. The van der Waals surface area contributed by atoms with E-state index in [0.717, 1.165) is 0 Å². The summed E-state index contributed by atoms with van der Waals surface area (Å²) in [6, 6.07) is 8.79. The summed E-state index contributed by atoms with van der Waals surface area (Å²) in [5.74, 6) is 0.494. The summed E-state index contributed by atoms with van der Waals surface area (Å²) in [6.45, 7) is 8.72. The highest BCUT2D eigenvalue weighted by Crippen LogP contribution is 2.25.